The van der Waals surface area contributed by atoms with Crippen LogP contribution < -0.4 is 5.73 Å². The van der Waals surface area contributed by atoms with Gasteiger partial charge in [0.15, 0.2) is 17.2 Å². The first-order valence-corrected chi connectivity index (χ1v) is 13.4. The van der Waals surface area contributed by atoms with Crippen molar-refractivity contribution in [3.63, 3.8) is 0 Å². The maximum atomic E-state index is 14.2. The van der Waals surface area contributed by atoms with Crippen LogP contribution in [0.1, 0.15) is 75.9 Å². The zero-order valence-electron chi connectivity index (χ0n) is 23.5. The number of nitrogens with two attached hydrogens (primary N) is 1. The van der Waals surface area contributed by atoms with E-state index in [1.807, 2.05) is 0 Å². The zero-order valence-corrected chi connectivity index (χ0v) is 23.5. The first kappa shape index (κ1) is 29.6. The van der Waals surface area contributed by atoms with Gasteiger partial charge in [0.25, 0.3) is 0 Å². The Morgan fingerprint density at radius 3 is 2.18 bits per heavy atom. The van der Waals surface area contributed by atoms with E-state index in [1.165, 1.54) is 6.92 Å². The Hall–Kier alpha value is -2.37. The molecule has 0 bridgehead atoms. The molecule has 10 nitrogen and oxygen atoms in total. The van der Waals surface area contributed by atoms with E-state index in [1.54, 1.807) is 53.7 Å². The van der Waals surface area contributed by atoms with E-state index >= 15 is 0 Å². The molecule has 39 heavy (non-hydrogen) atoms. The smallest absolute Gasteiger partial charge is 0.230 e. The Labute approximate surface area is 227 Å². The molecule has 1 amide bonds. The molecule has 0 heterocycles. The molecule has 2 saturated carbocycles. The molecular weight excluding hydrogens is 506 g/mol. The van der Waals surface area contributed by atoms with Gasteiger partial charge in [-0.3, -0.25) is 14.4 Å². The van der Waals surface area contributed by atoms with E-state index in [0.29, 0.717) is 11.1 Å². The first-order valence-electron chi connectivity index (χ1n) is 13.4. The Morgan fingerprint density at radius 2 is 1.69 bits per heavy atom. The van der Waals surface area contributed by atoms with Crippen LogP contribution in [-0.2, 0) is 15.0 Å². The molecular formula is C29H41NO9. The van der Waals surface area contributed by atoms with E-state index in [9.17, 15) is 45.0 Å². The number of primary amides is 1. The van der Waals surface area contributed by atoms with Gasteiger partial charge in [-0.1, -0.05) is 60.6 Å². The number of ketones is 2. The molecule has 2 fully saturated rings. The molecule has 0 saturated heterocycles. The third-order valence-electron chi connectivity index (χ3n) is 10.7. The summed E-state index contributed by atoms with van der Waals surface area (Å²) < 4.78 is 0. The summed E-state index contributed by atoms with van der Waals surface area (Å²) in [6.07, 6.45) is -5.36. The number of hydrogen-bond donors (Lipinski definition) is 7. The number of aliphatic hydroxyl groups is 5. The molecule has 0 aliphatic heterocycles. The molecule has 3 aliphatic carbocycles. The lowest BCUT2D eigenvalue weighted by molar-refractivity contribution is -0.306. The normalized spacial score (nSPS) is 42.1. The number of benzene rings is 1. The molecule has 0 radical (unpaired) electrons. The number of amides is 1. The summed E-state index contributed by atoms with van der Waals surface area (Å²) in [6.45, 7) is 11.2. The number of fused-ring (bicyclic) bond motifs is 3. The predicted molar refractivity (Wildman–Crippen MR) is 140 cm³/mol. The Morgan fingerprint density at radius 1 is 1.13 bits per heavy atom. The van der Waals surface area contributed by atoms with Gasteiger partial charge in [-0.25, -0.2) is 0 Å². The van der Waals surface area contributed by atoms with Crippen molar-refractivity contribution in [1.29, 1.82) is 0 Å². The lowest BCUT2D eigenvalue weighted by atomic mass is 9.36. The summed E-state index contributed by atoms with van der Waals surface area (Å²) in [5.41, 5.74) is -1.01. The quantitative estimate of drug-likeness (QED) is 0.260. The van der Waals surface area contributed by atoms with Crippen LogP contribution >= 0.6 is 0 Å². The Balaban J connectivity index is 2.04. The van der Waals surface area contributed by atoms with Gasteiger partial charge in [-0.15, -0.1) is 0 Å². The van der Waals surface area contributed by atoms with Crippen molar-refractivity contribution in [1.82, 2.24) is 0 Å². The van der Waals surface area contributed by atoms with E-state index in [-0.39, 0.29) is 17.9 Å². The lowest BCUT2D eigenvalue weighted by Crippen LogP contribution is -2.83. The van der Waals surface area contributed by atoms with Crippen molar-refractivity contribution >= 4 is 17.5 Å². The summed E-state index contributed by atoms with van der Waals surface area (Å²) in [7, 11) is 0. The minimum absolute atomic E-state index is 0.113. The molecule has 0 aromatic heterocycles. The summed E-state index contributed by atoms with van der Waals surface area (Å²) >= 11 is 0. The molecule has 3 aliphatic rings. The number of phenols is 1. The zero-order chi connectivity index (χ0) is 29.8. The van der Waals surface area contributed by atoms with Crippen LogP contribution in [0.4, 0.5) is 0 Å². The minimum atomic E-state index is -2.82. The summed E-state index contributed by atoms with van der Waals surface area (Å²) in [5, 5.41) is 68.7. The maximum Gasteiger partial charge on any atom is 0.230 e. The monoisotopic (exact) mass is 547 g/mol. The highest BCUT2D eigenvalue weighted by molar-refractivity contribution is 6.09. The molecule has 1 aromatic carbocycles. The molecule has 10 heteroatoms. The first-order chi connectivity index (χ1) is 17.8. The summed E-state index contributed by atoms with van der Waals surface area (Å²) in [6, 6.07) is 3.27. The maximum absolute atomic E-state index is 14.2. The van der Waals surface area contributed by atoms with Crippen LogP contribution in [0.3, 0.4) is 0 Å². The number of aliphatic hydroxyl groups excluding tert-OH is 4. The van der Waals surface area contributed by atoms with Gasteiger partial charge in [-0.2, -0.15) is 0 Å². The van der Waals surface area contributed by atoms with E-state index in [4.69, 9.17) is 5.73 Å². The van der Waals surface area contributed by atoms with Crippen molar-refractivity contribution in [2.75, 3.05) is 6.61 Å². The third kappa shape index (κ3) is 3.29. The van der Waals surface area contributed by atoms with Crippen molar-refractivity contribution in [2.24, 2.45) is 40.2 Å². The van der Waals surface area contributed by atoms with Gasteiger partial charge in [0.05, 0.1) is 30.3 Å². The highest BCUT2D eigenvalue weighted by Crippen LogP contribution is 2.68. The Bertz CT molecular complexity index is 1240. The molecule has 2 unspecified atom stereocenters. The van der Waals surface area contributed by atoms with Crippen molar-refractivity contribution in [2.45, 2.75) is 83.7 Å². The van der Waals surface area contributed by atoms with Gasteiger partial charge in [0, 0.05) is 21.8 Å². The van der Waals surface area contributed by atoms with E-state index in [0.717, 1.165) is 0 Å². The van der Waals surface area contributed by atoms with Crippen LogP contribution in [0.15, 0.2) is 12.1 Å². The average molecular weight is 548 g/mol. The second-order valence-corrected chi connectivity index (χ2v) is 13.3. The van der Waals surface area contributed by atoms with Gasteiger partial charge in [-0.05, 0) is 23.3 Å². The van der Waals surface area contributed by atoms with Crippen molar-refractivity contribution in [3.8, 4) is 5.75 Å². The summed E-state index contributed by atoms with van der Waals surface area (Å²) in [4.78, 5) is 40.4. The molecule has 1 aromatic rings. The second kappa shape index (κ2) is 8.81. The average Bonchev–Trinajstić information content (AvgIpc) is 2.83. The number of hydrogen-bond acceptors (Lipinski definition) is 9. The topological polar surface area (TPSA) is 199 Å². The second-order valence-electron chi connectivity index (χ2n) is 13.3. The van der Waals surface area contributed by atoms with E-state index in [2.05, 4.69) is 0 Å². The van der Waals surface area contributed by atoms with Gasteiger partial charge in [0.2, 0.25) is 5.91 Å². The SMILES string of the molecule is CC(C)[C@H]1C(O)[C@@H](C(N)=O)C(=O)[C@]2(O)C(O)[C@H]3C(=O)c4c(ccc(C(C)(C)CO)c4O)[C@@H](C)[C@]3(C)[C@@H](O)[C@]12C. The van der Waals surface area contributed by atoms with Crippen LogP contribution in [-0.4, -0.2) is 78.6 Å². The van der Waals surface area contributed by atoms with E-state index < -0.39 is 87.2 Å². The van der Waals surface area contributed by atoms with Crippen LogP contribution in [0.5, 0.6) is 5.75 Å². The van der Waals surface area contributed by atoms with Crippen LogP contribution in [0, 0.1) is 34.5 Å². The third-order valence-corrected chi connectivity index (χ3v) is 10.7. The lowest BCUT2D eigenvalue weighted by Gasteiger charge is -2.69. The number of Topliss-reactive ketones (excluding diaryl/α,β-unsaturated/α-hetero) is 2. The Kier molecular flexibility index (Phi) is 6.69. The molecule has 0 spiro atoms. The highest BCUT2D eigenvalue weighted by Gasteiger charge is 2.80. The van der Waals surface area contributed by atoms with Crippen molar-refractivity contribution in [3.05, 3.63) is 28.8 Å². The number of rotatable bonds is 4. The summed E-state index contributed by atoms with van der Waals surface area (Å²) in [5.74, 6) is -9.25. The molecule has 216 valence electrons. The number of phenolic OH excluding ortho intramolecular Hbond substituents is 1. The number of carbonyl (C=O) groups is 3. The highest BCUT2D eigenvalue weighted by atomic mass is 16.4. The molecule has 8 N–H and O–H groups in total. The predicted octanol–water partition coefficient (Wildman–Crippen LogP) is 0.375. The minimum Gasteiger partial charge on any atom is -0.507 e. The van der Waals surface area contributed by atoms with Gasteiger partial charge >= 0.3 is 0 Å². The number of aromatic hydroxyl groups is 1. The fraction of sp³-hybridized carbons (Fsp3) is 0.690. The van der Waals surface area contributed by atoms with Crippen LogP contribution in [0.2, 0.25) is 0 Å². The fourth-order valence-corrected chi connectivity index (χ4v) is 8.39. The molecule has 4 rings (SSSR count). The van der Waals surface area contributed by atoms with Crippen molar-refractivity contribution < 1.29 is 45.0 Å². The van der Waals surface area contributed by atoms with Gasteiger partial charge in [0.1, 0.15) is 17.8 Å². The van der Waals surface area contributed by atoms with Crippen LogP contribution in [0.25, 0.3) is 0 Å². The fourth-order valence-electron chi connectivity index (χ4n) is 8.39. The number of carbonyl (C=O) groups excluding carboxylic acids is 3. The largest absolute Gasteiger partial charge is 0.507 e. The molecule has 10 atom stereocenters. The van der Waals surface area contributed by atoms with Gasteiger partial charge < -0.3 is 36.4 Å². The standard InChI is InChI=1S/C29H41NO9/c1-11(2)17-21(34)16(24(30)37)22(35)29(39)23(36)18-20(33)15-13(8-9-14(19(15)32)26(4,5)10-31)12(3)27(18,6)25(38)28(17,29)7/h8-9,11-12,16-18,21,23,25,31-32,34,36,38-39H,10H2,1-7H3,(H2,30,37)/t12-,16-,17+,18-,21?,23?,25-,27+,28+,29+/m1/s1.